The van der Waals surface area contributed by atoms with Crippen molar-refractivity contribution in [1.29, 1.82) is 0 Å². The van der Waals surface area contributed by atoms with Crippen molar-refractivity contribution in [3.63, 3.8) is 0 Å². The Hall–Kier alpha value is -1.25. The Morgan fingerprint density at radius 2 is 1.94 bits per heavy atom. The van der Waals surface area contributed by atoms with Gasteiger partial charge in [-0.15, -0.1) is 0 Å². The van der Waals surface area contributed by atoms with Crippen LogP contribution in [0.15, 0.2) is 18.5 Å². The SMILES string of the molecule is CCCNc1cncc(NCC2(C)CCC2)c1. The largest absolute Gasteiger partial charge is 0.384 e. The van der Waals surface area contributed by atoms with Crippen LogP contribution in [0, 0.1) is 5.41 Å². The third-order valence-corrected chi connectivity index (χ3v) is 3.60. The van der Waals surface area contributed by atoms with Crippen LogP contribution in [0.5, 0.6) is 0 Å². The normalized spacial score (nSPS) is 17.3. The first kappa shape index (κ1) is 12.2. The number of nitrogens with one attached hydrogen (secondary N) is 2. The Morgan fingerprint density at radius 1 is 1.24 bits per heavy atom. The van der Waals surface area contributed by atoms with Gasteiger partial charge in [0.15, 0.2) is 0 Å². The molecule has 0 spiro atoms. The highest BCUT2D eigenvalue weighted by molar-refractivity contribution is 5.54. The lowest BCUT2D eigenvalue weighted by Gasteiger charge is -2.38. The molecule has 0 aliphatic heterocycles. The maximum Gasteiger partial charge on any atom is 0.0547 e. The van der Waals surface area contributed by atoms with Crippen molar-refractivity contribution in [3.05, 3.63) is 18.5 Å². The second-order valence-corrected chi connectivity index (χ2v) is 5.41. The minimum Gasteiger partial charge on any atom is -0.384 e. The second kappa shape index (κ2) is 5.39. The molecule has 1 aliphatic carbocycles. The quantitative estimate of drug-likeness (QED) is 0.789. The monoisotopic (exact) mass is 233 g/mol. The lowest BCUT2D eigenvalue weighted by atomic mass is 9.70. The molecule has 2 N–H and O–H groups in total. The fourth-order valence-corrected chi connectivity index (χ4v) is 2.18. The van der Waals surface area contributed by atoms with E-state index in [1.54, 1.807) is 0 Å². The molecule has 1 aromatic rings. The van der Waals surface area contributed by atoms with Gasteiger partial charge >= 0.3 is 0 Å². The molecule has 0 radical (unpaired) electrons. The van der Waals surface area contributed by atoms with Crippen molar-refractivity contribution in [1.82, 2.24) is 4.98 Å². The number of rotatable bonds is 6. The molecule has 1 saturated carbocycles. The third-order valence-electron chi connectivity index (χ3n) is 3.60. The average molecular weight is 233 g/mol. The molecular weight excluding hydrogens is 210 g/mol. The van der Waals surface area contributed by atoms with Gasteiger partial charge in [0, 0.05) is 13.1 Å². The van der Waals surface area contributed by atoms with Crippen molar-refractivity contribution >= 4 is 11.4 Å². The van der Waals surface area contributed by atoms with Crippen LogP contribution in [0.4, 0.5) is 11.4 Å². The summed E-state index contributed by atoms with van der Waals surface area (Å²) in [4.78, 5) is 4.26. The molecular formula is C14H23N3. The van der Waals surface area contributed by atoms with Crippen molar-refractivity contribution in [2.75, 3.05) is 23.7 Å². The molecule has 2 rings (SSSR count). The van der Waals surface area contributed by atoms with E-state index in [-0.39, 0.29) is 0 Å². The summed E-state index contributed by atoms with van der Waals surface area (Å²) in [5, 5.41) is 6.86. The van der Waals surface area contributed by atoms with Crippen LogP contribution in [0.2, 0.25) is 0 Å². The van der Waals surface area contributed by atoms with Gasteiger partial charge in [-0.25, -0.2) is 0 Å². The molecule has 3 heteroatoms. The van der Waals surface area contributed by atoms with Gasteiger partial charge < -0.3 is 10.6 Å². The summed E-state index contributed by atoms with van der Waals surface area (Å²) in [5.41, 5.74) is 2.74. The van der Waals surface area contributed by atoms with Crippen LogP contribution in [0.1, 0.15) is 39.5 Å². The number of pyridine rings is 1. The zero-order chi connectivity index (χ0) is 12.1. The summed E-state index contributed by atoms with van der Waals surface area (Å²) in [6.45, 7) is 6.59. The zero-order valence-electron chi connectivity index (χ0n) is 10.9. The van der Waals surface area contributed by atoms with E-state index < -0.39 is 0 Å². The van der Waals surface area contributed by atoms with Gasteiger partial charge in [-0.2, -0.15) is 0 Å². The van der Waals surface area contributed by atoms with Crippen molar-refractivity contribution in [2.45, 2.75) is 39.5 Å². The lowest BCUT2D eigenvalue weighted by molar-refractivity contribution is 0.180. The molecule has 0 unspecified atom stereocenters. The molecule has 1 aromatic heterocycles. The van der Waals surface area contributed by atoms with Crippen LogP contribution in [-0.4, -0.2) is 18.1 Å². The smallest absolute Gasteiger partial charge is 0.0547 e. The first-order valence-electron chi connectivity index (χ1n) is 6.65. The molecule has 94 valence electrons. The molecule has 1 aliphatic rings. The first-order valence-corrected chi connectivity index (χ1v) is 6.65. The summed E-state index contributed by atoms with van der Waals surface area (Å²) in [7, 11) is 0. The number of hydrogen-bond donors (Lipinski definition) is 2. The molecule has 0 amide bonds. The molecule has 17 heavy (non-hydrogen) atoms. The fourth-order valence-electron chi connectivity index (χ4n) is 2.18. The Bertz CT molecular complexity index is 358. The van der Waals surface area contributed by atoms with Gasteiger partial charge in [0.2, 0.25) is 0 Å². The van der Waals surface area contributed by atoms with E-state index in [1.807, 2.05) is 12.4 Å². The summed E-state index contributed by atoms with van der Waals surface area (Å²) in [6, 6.07) is 2.14. The van der Waals surface area contributed by atoms with E-state index in [0.717, 1.165) is 30.9 Å². The van der Waals surface area contributed by atoms with Gasteiger partial charge in [-0.1, -0.05) is 20.3 Å². The second-order valence-electron chi connectivity index (χ2n) is 5.41. The average Bonchev–Trinajstić information content (AvgIpc) is 2.32. The van der Waals surface area contributed by atoms with Gasteiger partial charge in [0.1, 0.15) is 0 Å². The number of nitrogens with zero attached hydrogens (tertiary/aromatic N) is 1. The van der Waals surface area contributed by atoms with Gasteiger partial charge in [0.05, 0.1) is 23.8 Å². The lowest BCUT2D eigenvalue weighted by Crippen LogP contribution is -2.33. The van der Waals surface area contributed by atoms with E-state index >= 15 is 0 Å². The summed E-state index contributed by atoms with van der Waals surface area (Å²) in [5.74, 6) is 0. The molecule has 1 fully saturated rings. The summed E-state index contributed by atoms with van der Waals surface area (Å²) in [6.07, 6.45) is 9.00. The van der Waals surface area contributed by atoms with E-state index in [9.17, 15) is 0 Å². The van der Waals surface area contributed by atoms with Crippen LogP contribution < -0.4 is 10.6 Å². The van der Waals surface area contributed by atoms with Gasteiger partial charge in [-0.3, -0.25) is 4.98 Å². The Kier molecular flexibility index (Phi) is 3.87. The molecule has 0 bridgehead atoms. The zero-order valence-corrected chi connectivity index (χ0v) is 10.9. The first-order chi connectivity index (χ1) is 8.22. The standard InChI is InChI=1S/C14H23N3/c1-3-7-16-12-8-13(10-15-9-12)17-11-14(2)5-4-6-14/h8-10,16-17H,3-7,11H2,1-2H3. The van der Waals surface area contributed by atoms with Crippen molar-refractivity contribution < 1.29 is 0 Å². The fraction of sp³-hybridized carbons (Fsp3) is 0.643. The van der Waals surface area contributed by atoms with Crippen LogP contribution in [0.3, 0.4) is 0 Å². The highest BCUT2D eigenvalue weighted by Crippen LogP contribution is 2.40. The Morgan fingerprint density at radius 3 is 2.53 bits per heavy atom. The van der Waals surface area contributed by atoms with Crippen molar-refractivity contribution in [2.24, 2.45) is 5.41 Å². The van der Waals surface area contributed by atoms with E-state index in [4.69, 9.17) is 0 Å². The molecule has 0 atom stereocenters. The molecule has 1 heterocycles. The highest BCUT2D eigenvalue weighted by Gasteiger charge is 2.31. The number of aromatic nitrogens is 1. The van der Waals surface area contributed by atoms with Gasteiger partial charge in [-0.05, 0) is 30.7 Å². The predicted molar refractivity (Wildman–Crippen MR) is 73.5 cm³/mol. The van der Waals surface area contributed by atoms with E-state index in [1.165, 1.54) is 19.3 Å². The predicted octanol–water partition coefficient (Wildman–Crippen LogP) is 3.51. The van der Waals surface area contributed by atoms with E-state index in [0.29, 0.717) is 5.41 Å². The Balaban J connectivity index is 1.87. The van der Waals surface area contributed by atoms with E-state index in [2.05, 4.69) is 35.5 Å². The van der Waals surface area contributed by atoms with Crippen LogP contribution in [0.25, 0.3) is 0 Å². The molecule has 0 aromatic carbocycles. The maximum absolute atomic E-state index is 4.26. The molecule has 0 saturated heterocycles. The number of anilines is 2. The Labute approximate surface area is 104 Å². The van der Waals surface area contributed by atoms with Gasteiger partial charge in [0.25, 0.3) is 0 Å². The number of hydrogen-bond acceptors (Lipinski definition) is 3. The van der Waals surface area contributed by atoms with Crippen LogP contribution in [-0.2, 0) is 0 Å². The summed E-state index contributed by atoms with van der Waals surface area (Å²) >= 11 is 0. The summed E-state index contributed by atoms with van der Waals surface area (Å²) < 4.78 is 0. The minimum atomic E-state index is 0.507. The maximum atomic E-state index is 4.26. The third kappa shape index (κ3) is 3.35. The molecule has 3 nitrogen and oxygen atoms in total. The van der Waals surface area contributed by atoms with Crippen LogP contribution >= 0.6 is 0 Å². The highest BCUT2D eigenvalue weighted by atomic mass is 14.9. The van der Waals surface area contributed by atoms with Crippen molar-refractivity contribution in [3.8, 4) is 0 Å². The minimum absolute atomic E-state index is 0.507. The topological polar surface area (TPSA) is 37.0 Å².